The Hall–Kier alpha value is -0.373. The fourth-order valence-corrected chi connectivity index (χ4v) is 1.12. The molecule has 0 rings (SSSR count). The van der Waals surface area contributed by atoms with E-state index in [1.54, 1.807) is 0 Å². The third-order valence-corrected chi connectivity index (χ3v) is 2.06. The highest BCUT2D eigenvalue weighted by Gasteiger charge is 2.07. The maximum atomic E-state index is 4.46. The summed E-state index contributed by atoms with van der Waals surface area (Å²) in [4.78, 5) is 0. The molecule has 0 aliphatic heterocycles. The van der Waals surface area contributed by atoms with Crippen molar-refractivity contribution in [3.63, 3.8) is 0 Å². The molecule has 0 saturated carbocycles. The highest BCUT2D eigenvalue weighted by atomic mass is 28.3. The van der Waals surface area contributed by atoms with E-state index in [1.807, 2.05) is 6.21 Å². The van der Waals surface area contributed by atoms with Gasteiger partial charge in [-0.1, -0.05) is 19.4 Å². The topological polar surface area (TPSA) is 12.4 Å². The SMILES string of the molecule is CCC/C=C/C=N/[Si](C)(C)C. The average Bonchev–Trinajstić information content (AvgIpc) is 1.85. The van der Waals surface area contributed by atoms with Gasteiger partial charge in [0.25, 0.3) is 0 Å². The molecule has 1 nitrogen and oxygen atoms in total. The number of rotatable bonds is 4. The molecule has 2 heteroatoms. The Kier molecular flexibility index (Phi) is 5.12. The van der Waals surface area contributed by atoms with E-state index in [0.717, 1.165) is 6.42 Å². The molecule has 0 aromatic heterocycles. The van der Waals surface area contributed by atoms with Crippen LogP contribution in [0.5, 0.6) is 0 Å². The summed E-state index contributed by atoms with van der Waals surface area (Å²) in [7, 11) is -1.20. The van der Waals surface area contributed by atoms with Crippen LogP contribution in [0.15, 0.2) is 16.8 Å². The van der Waals surface area contributed by atoms with Crippen LogP contribution in [0.2, 0.25) is 19.6 Å². The summed E-state index contributed by atoms with van der Waals surface area (Å²) in [5.41, 5.74) is 0. The normalized spacial score (nSPS) is 13.5. The van der Waals surface area contributed by atoms with Crippen molar-refractivity contribution in [3.8, 4) is 0 Å². The van der Waals surface area contributed by atoms with Gasteiger partial charge in [0.05, 0.1) is 0 Å². The molecule has 0 saturated heterocycles. The number of hydrogen-bond donors (Lipinski definition) is 0. The van der Waals surface area contributed by atoms with Gasteiger partial charge in [0.15, 0.2) is 8.24 Å². The van der Waals surface area contributed by atoms with Gasteiger partial charge in [-0.3, -0.25) is 0 Å². The molecule has 64 valence electrons. The van der Waals surface area contributed by atoms with E-state index in [-0.39, 0.29) is 0 Å². The van der Waals surface area contributed by atoms with Crippen LogP contribution in [0.1, 0.15) is 19.8 Å². The summed E-state index contributed by atoms with van der Waals surface area (Å²) in [6.45, 7) is 8.88. The second-order valence-corrected chi connectivity index (χ2v) is 8.27. The lowest BCUT2D eigenvalue weighted by atomic mass is 10.3. The Labute approximate surface area is 71.3 Å². The van der Waals surface area contributed by atoms with Crippen LogP contribution in [0, 0.1) is 0 Å². The molecule has 0 N–H and O–H groups in total. The first-order valence-corrected chi connectivity index (χ1v) is 7.71. The summed E-state index contributed by atoms with van der Waals surface area (Å²) >= 11 is 0. The standard InChI is InChI=1S/C9H19NSi/c1-5-6-7-8-9-10-11(2,3)4/h7-9H,5-6H2,1-4H3/b8-7+,10-9+. The first-order valence-electron chi connectivity index (χ1n) is 4.26. The van der Waals surface area contributed by atoms with Gasteiger partial charge in [0.1, 0.15) is 0 Å². The van der Waals surface area contributed by atoms with Gasteiger partial charge in [-0.05, 0) is 32.1 Å². The second-order valence-electron chi connectivity index (χ2n) is 3.67. The number of allylic oxidation sites excluding steroid dienone is 2. The van der Waals surface area contributed by atoms with Crippen LogP contribution in [-0.2, 0) is 0 Å². The molecule has 11 heavy (non-hydrogen) atoms. The zero-order chi connectivity index (χ0) is 8.74. The molecule has 0 aliphatic rings. The van der Waals surface area contributed by atoms with Gasteiger partial charge in [-0.2, -0.15) is 0 Å². The van der Waals surface area contributed by atoms with E-state index in [0.29, 0.717) is 0 Å². The minimum absolute atomic E-state index is 1.16. The lowest BCUT2D eigenvalue weighted by molar-refractivity contribution is 0.960. The van der Waals surface area contributed by atoms with Gasteiger partial charge in [0, 0.05) is 6.21 Å². The third-order valence-electron chi connectivity index (χ3n) is 1.14. The summed E-state index contributed by atoms with van der Waals surface area (Å²) in [6.07, 6.45) is 8.56. The summed E-state index contributed by atoms with van der Waals surface area (Å²) < 4.78 is 4.46. The van der Waals surface area contributed by atoms with E-state index in [2.05, 4.69) is 43.4 Å². The first kappa shape index (κ1) is 10.6. The third kappa shape index (κ3) is 9.63. The summed E-state index contributed by atoms with van der Waals surface area (Å²) in [6, 6.07) is 0. The second kappa shape index (κ2) is 5.30. The maximum Gasteiger partial charge on any atom is 0.172 e. The van der Waals surface area contributed by atoms with Crippen molar-refractivity contribution >= 4 is 14.5 Å². The minimum atomic E-state index is -1.20. The molecular formula is C9H19NSi. The number of hydrogen-bond acceptors (Lipinski definition) is 1. The van der Waals surface area contributed by atoms with Gasteiger partial charge in [-0.25, -0.2) is 0 Å². The van der Waals surface area contributed by atoms with Crippen molar-refractivity contribution in [2.24, 2.45) is 4.66 Å². The Bertz CT molecular complexity index is 142. The van der Waals surface area contributed by atoms with Gasteiger partial charge >= 0.3 is 0 Å². The molecule has 0 unspecified atom stereocenters. The molecule has 0 amide bonds. The molecule has 0 aromatic rings. The Morgan fingerprint density at radius 2 is 1.91 bits per heavy atom. The van der Waals surface area contributed by atoms with E-state index >= 15 is 0 Å². The smallest absolute Gasteiger partial charge is 0.172 e. The van der Waals surface area contributed by atoms with Crippen molar-refractivity contribution in [2.75, 3.05) is 0 Å². The first-order chi connectivity index (χ1) is 5.06. The zero-order valence-electron chi connectivity index (χ0n) is 8.09. The fourth-order valence-electron chi connectivity index (χ4n) is 0.590. The largest absolute Gasteiger partial charge is 0.329 e. The van der Waals surface area contributed by atoms with E-state index in [9.17, 15) is 0 Å². The Balaban J connectivity index is 3.60. The highest BCUT2D eigenvalue weighted by Crippen LogP contribution is 1.99. The highest BCUT2D eigenvalue weighted by molar-refractivity contribution is 6.75. The van der Waals surface area contributed by atoms with Crippen LogP contribution >= 0.6 is 0 Å². The van der Waals surface area contributed by atoms with Gasteiger partial charge < -0.3 is 4.66 Å². The Morgan fingerprint density at radius 1 is 1.27 bits per heavy atom. The number of unbranched alkanes of at least 4 members (excludes halogenated alkanes) is 1. The van der Waals surface area contributed by atoms with E-state index in [1.165, 1.54) is 6.42 Å². The van der Waals surface area contributed by atoms with Crippen LogP contribution in [0.25, 0.3) is 0 Å². The van der Waals surface area contributed by atoms with Crippen molar-refractivity contribution in [3.05, 3.63) is 12.2 Å². The van der Waals surface area contributed by atoms with Crippen molar-refractivity contribution in [1.29, 1.82) is 0 Å². The van der Waals surface area contributed by atoms with Crippen LogP contribution < -0.4 is 0 Å². The number of nitrogens with zero attached hydrogens (tertiary/aromatic N) is 1. The van der Waals surface area contributed by atoms with Gasteiger partial charge in [-0.15, -0.1) is 0 Å². The fraction of sp³-hybridized carbons (Fsp3) is 0.667. The molecule has 0 aromatic carbocycles. The van der Waals surface area contributed by atoms with E-state index < -0.39 is 8.24 Å². The molecule has 0 fully saturated rings. The lowest BCUT2D eigenvalue weighted by Crippen LogP contribution is -2.15. The predicted octanol–water partition coefficient (Wildman–Crippen LogP) is 3.25. The van der Waals surface area contributed by atoms with Crippen LogP contribution in [0.4, 0.5) is 0 Å². The van der Waals surface area contributed by atoms with Crippen molar-refractivity contribution < 1.29 is 0 Å². The summed E-state index contributed by atoms with van der Waals surface area (Å²) in [5.74, 6) is 0. The minimum Gasteiger partial charge on any atom is -0.329 e. The Morgan fingerprint density at radius 3 is 2.36 bits per heavy atom. The monoisotopic (exact) mass is 169 g/mol. The molecule has 0 heterocycles. The lowest BCUT2D eigenvalue weighted by Gasteiger charge is -2.05. The van der Waals surface area contributed by atoms with Crippen molar-refractivity contribution in [1.82, 2.24) is 0 Å². The molecule has 0 radical (unpaired) electrons. The van der Waals surface area contributed by atoms with Crippen molar-refractivity contribution in [2.45, 2.75) is 39.4 Å². The predicted molar refractivity (Wildman–Crippen MR) is 55.9 cm³/mol. The van der Waals surface area contributed by atoms with Gasteiger partial charge in [0.2, 0.25) is 0 Å². The molecular weight excluding hydrogens is 150 g/mol. The molecule has 0 bridgehead atoms. The van der Waals surface area contributed by atoms with E-state index in [4.69, 9.17) is 0 Å². The summed E-state index contributed by atoms with van der Waals surface area (Å²) in [5, 5.41) is 0. The molecule has 0 spiro atoms. The van der Waals surface area contributed by atoms with Crippen LogP contribution in [-0.4, -0.2) is 14.5 Å². The zero-order valence-corrected chi connectivity index (χ0v) is 9.09. The average molecular weight is 169 g/mol. The quantitative estimate of drug-likeness (QED) is 0.452. The molecule has 0 atom stereocenters. The maximum absolute atomic E-state index is 4.46. The van der Waals surface area contributed by atoms with Crippen LogP contribution in [0.3, 0.4) is 0 Å². The molecule has 0 aliphatic carbocycles.